The fraction of sp³-hybridized carbons (Fsp3) is 0.387. The number of rotatable bonds is 10. The normalized spacial score (nSPS) is 18.9. The molecule has 7 nitrogen and oxygen atoms in total. The lowest BCUT2D eigenvalue weighted by Crippen LogP contribution is -2.35. The van der Waals surface area contributed by atoms with Gasteiger partial charge in [-0.15, -0.1) is 0 Å². The average molecular weight is 518 g/mol. The molecule has 1 saturated heterocycles. The van der Waals surface area contributed by atoms with Crippen LogP contribution in [0, 0.1) is 0 Å². The Labute approximate surface area is 224 Å². The van der Waals surface area contributed by atoms with Crippen molar-refractivity contribution in [1.29, 1.82) is 0 Å². The Bertz CT molecular complexity index is 1230. The minimum Gasteiger partial charge on any atom is -0.491 e. The molecule has 0 N–H and O–H groups in total. The van der Waals surface area contributed by atoms with Crippen LogP contribution >= 0.6 is 0 Å². The first-order valence-electron chi connectivity index (χ1n) is 13.1. The predicted molar refractivity (Wildman–Crippen MR) is 143 cm³/mol. The number of nitrogens with zero attached hydrogens (tertiary/aromatic N) is 1. The highest BCUT2D eigenvalue weighted by Gasteiger charge is 2.36. The second-order valence-corrected chi connectivity index (χ2v) is 10.3. The van der Waals surface area contributed by atoms with Crippen molar-refractivity contribution in [1.82, 2.24) is 4.90 Å². The number of hydrogen-bond donors (Lipinski definition) is 0. The summed E-state index contributed by atoms with van der Waals surface area (Å²) >= 11 is 0. The van der Waals surface area contributed by atoms with Gasteiger partial charge in [0.1, 0.15) is 24.2 Å². The standard InChI is InChI=1S/C31H35NO6/c1-22(17-23-9-12-27(13-10-23)35-16-15-34-20-24-7-5-4-6-8-24)32-19-29(37-30(32)33)25-11-14-28-26(18-25)21-36-31(2,3)38-28/h4-14,18,22,29H,15-17,19-21H2,1-3H3/t22-,29+/m1/s1. The van der Waals surface area contributed by atoms with Crippen LogP contribution in [0.5, 0.6) is 11.5 Å². The molecule has 0 aliphatic carbocycles. The molecule has 38 heavy (non-hydrogen) atoms. The van der Waals surface area contributed by atoms with Gasteiger partial charge in [-0.1, -0.05) is 48.5 Å². The Morgan fingerprint density at radius 2 is 1.79 bits per heavy atom. The van der Waals surface area contributed by atoms with Crippen molar-refractivity contribution in [3.8, 4) is 11.5 Å². The molecule has 0 unspecified atom stereocenters. The summed E-state index contributed by atoms with van der Waals surface area (Å²) < 4.78 is 28.9. The number of ether oxygens (including phenoxy) is 5. The summed E-state index contributed by atoms with van der Waals surface area (Å²) in [5.74, 6) is 0.975. The third kappa shape index (κ3) is 6.47. The molecule has 5 rings (SSSR count). The summed E-state index contributed by atoms with van der Waals surface area (Å²) in [6, 6.07) is 24.0. The van der Waals surface area contributed by atoms with E-state index in [1.807, 2.05) is 86.6 Å². The average Bonchev–Trinajstić information content (AvgIpc) is 3.31. The molecule has 0 bridgehead atoms. The summed E-state index contributed by atoms with van der Waals surface area (Å²) in [5, 5.41) is 0. The van der Waals surface area contributed by atoms with E-state index in [1.54, 1.807) is 4.90 Å². The highest BCUT2D eigenvalue weighted by molar-refractivity contribution is 5.70. The lowest BCUT2D eigenvalue weighted by atomic mass is 10.0. The third-order valence-electron chi connectivity index (χ3n) is 6.82. The Hall–Kier alpha value is -3.55. The van der Waals surface area contributed by atoms with Crippen LogP contribution in [0.4, 0.5) is 4.79 Å². The zero-order valence-electron chi connectivity index (χ0n) is 22.2. The van der Waals surface area contributed by atoms with Gasteiger partial charge in [0.05, 0.1) is 26.4 Å². The lowest BCUT2D eigenvalue weighted by Gasteiger charge is -2.32. The third-order valence-corrected chi connectivity index (χ3v) is 6.82. The van der Waals surface area contributed by atoms with E-state index in [0.29, 0.717) is 33.0 Å². The first-order chi connectivity index (χ1) is 18.4. The summed E-state index contributed by atoms with van der Waals surface area (Å²) in [4.78, 5) is 14.5. The molecule has 3 aromatic carbocycles. The van der Waals surface area contributed by atoms with Crippen LogP contribution in [0.3, 0.4) is 0 Å². The maximum Gasteiger partial charge on any atom is 0.410 e. The Morgan fingerprint density at radius 1 is 1.00 bits per heavy atom. The topological polar surface area (TPSA) is 66.5 Å². The molecule has 7 heteroatoms. The molecule has 3 aromatic rings. The van der Waals surface area contributed by atoms with Gasteiger partial charge in [0.25, 0.3) is 0 Å². The van der Waals surface area contributed by atoms with Gasteiger partial charge in [0.15, 0.2) is 0 Å². The SMILES string of the molecule is C[C@H](Cc1ccc(OCCOCc2ccccc2)cc1)N1C[C@@H](c2ccc3c(c2)COC(C)(C)O3)OC1=O. The maximum atomic E-state index is 12.7. The van der Waals surface area contributed by atoms with Crippen molar-refractivity contribution >= 4 is 6.09 Å². The first kappa shape index (κ1) is 26.1. The lowest BCUT2D eigenvalue weighted by molar-refractivity contribution is -0.180. The maximum absolute atomic E-state index is 12.7. The van der Waals surface area contributed by atoms with Crippen LogP contribution in [0.2, 0.25) is 0 Å². The molecule has 2 heterocycles. The van der Waals surface area contributed by atoms with Gasteiger partial charge >= 0.3 is 6.09 Å². The highest BCUT2D eigenvalue weighted by atomic mass is 16.7. The number of hydrogen-bond acceptors (Lipinski definition) is 6. The molecule has 0 spiro atoms. The molecule has 2 aliphatic heterocycles. The van der Waals surface area contributed by atoms with Crippen molar-refractivity contribution in [2.45, 2.75) is 58.3 Å². The van der Waals surface area contributed by atoms with Crippen molar-refractivity contribution in [2.24, 2.45) is 0 Å². The zero-order valence-corrected chi connectivity index (χ0v) is 22.2. The van der Waals surface area contributed by atoms with E-state index in [-0.39, 0.29) is 18.2 Å². The van der Waals surface area contributed by atoms with Crippen molar-refractivity contribution in [3.05, 3.63) is 95.1 Å². The second kappa shape index (κ2) is 11.5. The van der Waals surface area contributed by atoms with Crippen molar-refractivity contribution < 1.29 is 28.5 Å². The Kier molecular flexibility index (Phi) is 7.86. The van der Waals surface area contributed by atoms with Gasteiger partial charge in [-0.2, -0.15) is 0 Å². The monoisotopic (exact) mass is 517 g/mol. The molecule has 2 aliphatic rings. The number of cyclic esters (lactones) is 1. The fourth-order valence-corrected chi connectivity index (χ4v) is 4.73. The summed E-state index contributed by atoms with van der Waals surface area (Å²) in [7, 11) is 0. The van der Waals surface area contributed by atoms with E-state index in [1.165, 1.54) is 0 Å². The molecule has 0 aromatic heterocycles. The molecule has 0 saturated carbocycles. The van der Waals surface area contributed by atoms with Crippen LogP contribution in [-0.4, -0.2) is 42.6 Å². The van der Waals surface area contributed by atoms with E-state index in [2.05, 4.69) is 6.92 Å². The van der Waals surface area contributed by atoms with Gasteiger partial charge in [-0.05, 0) is 54.3 Å². The van der Waals surface area contributed by atoms with E-state index >= 15 is 0 Å². The molecule has 1 fully saturated rings. The quantitative estimate of drug-likeness (QED) is 0.305. The fourth-order valence-electron chi connectivity index (χ4n) is 4.73. The van der Waals surface area contributed by atoms with E-state index in [4.69, 9.17) is 23.7 Å². The van der Waals surface area contributed by atoms with Gasteiger partial charge in [0, 0.05) is 25.5 Å². The summed E-state index contributed by atoms with van der Waals surface area (Å²) in [5.41, 5.74) is 4.20. The number of amides is 1. The van der Waals surface area contributed by atoms with Gasteiger partial charge in [-0.3, -0.25) is 0 Å². The number of fused-ring (bicyclic) bond motifs is 1. The van der Waals surface area contributed by atoms with E-state index in [0.717, 1.165) is 40.2 Å². The van der Waals surface area contributed by atoms with Crippen LogP contribution in [0.25, 0.3) is 0 Å². The number of benzene rings is 3. The summed E-state index contributed by atoms with van der Waals surface area (Å²) in [6.45, 7) is 8.41. The van der Waals surface area contributed by atoms with Crippen LogP contribution in [0.1, 0.15) is 49.1 Å². The van der Waals surface area contributed by atoms with Gasteiger partial charge in [0.2, 0.25) is 5.79 Å². The van der Waals surface area contributed by atoms with Crippen LogP contribution in [0.15, 0.2) is 72.8 Å². The molecule has 2 atom stereocenters. The molecule has 1 amide bonds. The van der Waals surface area contributed by atoms with Crippen molar-refractivity contribution in [2.75, 3.05) is 19.8 Å². The minimum atomic E-state index is -0.637. The Balaban J connectivity index is 1.09. The minimum absolute atomic E-state index is 0.00394. The summed E-state index contributed by atoms with van der Waals surface area (Å²) in [6.07, 6.45) is 0.123. The largest absolute Gasteiger partial charge is 0.491 e. The van der Waals surface area contributed by atoms with Gasteiger partial charge < -0.3 is 28.6 Å². The highest BCUT2D eigenvalue weighted by Crippen LogP contribution is 2.35. The molecular formula is C31H35NO6. The molecular weight excluding hydrogens is 482 g/mol. The number of carbonyl (C=O) groups is 1. The van der Waals surface area contributed by atoms with Crippen LogP contribution < -0.4 is 9.47 Å². The van der Waals surface area contributed by atoms with Gasteiger partial charge in [-0.25, -0.2) is 4.79 Å². The molecule has 200 valence electrons. The second-order valence-electron chi connectivity index (χ2n) is 10.3. The number of carbonyl (C=O) groups excluding carboxylic acids is 1. The van der Waals surface area contributed by atoms with E-state index in [9.17, 15) is 4.79 Å². The van der Waals surface area contributed by atoms with E-state index < -0.39 is 5.79 Å². The smallest absolute Gasteiger partial charge is 0.410 e. The molecule has 0 radical (unpaired) electrons. The zero-order chi connectivity index (χ0) is 26.5. The predicted octanol–water partition coefficient (Wildman–Crippen LogP) is 6.05. The van der Waals surface area contributed by atoms with Crippen LogP contribution in [-0.2, 0) is 33.8 Å². The Morgan fingerprint density at radius 3 is 2.58 bits per heavy atom. The first-order valence-corrected chi connectivity index (χ1v) is 13.1. The van der Waals surface area contributed by atoms with Crippen molar-refractivity contribution in [3.63, 3.8) is 0 Å².